The fourth-order valence-corrected chi connectivity index (χ4v) is 2.45. The first-order chi connectivity index (χ1) is 7.81. The molecule has 1 atom stereocenters. The fraction of sp³-hybridized carbons (Fsp3) is 0.800. The first kappa shape index (κ1) is 14.0. The average molecular weight is 263 g/mol. The zero-order valence-electron chi connectivity index (χ0n) is 9.76. The molecule has 1 fully saturated rings. The van der Waals surface area contributed by atoms with Gasteiger partial charge in [0, 0.05) is 19.2 Å². The molecule has 1 amide bonds. The molecular formula is C10H17NO5S. The van der Waals surface area contributed by atoms with Crippen LogP contribution in [0.4, 0.5) is 0 Å². The molecule has 0 saturated carbocycles. The second kappa shape index (κ2) is 5.48. The van der Waals surface area contributed by atoms with Crippen molar-refractivity contribution in [3.63, 3.8) is 0 Å². The maximum absolute atomic E-state index is 11.8. The summed E-state index contributed by atoms with van der Waals surface area (Å²) in [5, 5.41) is 8.97. The van der Waals surface area contributed by atoms with E-state index in [0.717, 1.165) is 19.1 Å². The van der Waals surface area contributed by atoms with Gasteiger partial charge in [0.25, 0.3) is 0 Å². The Morgan fingerprint density at radius 1 is 1.35 bits per heavy atom. The molecular weight excluding hydrogens is 246 g/mol. The van der Waals surface area contributed by atoms with Crippen LogP contribution in [0.25, 0.3) is 0 Å². The maximum Gasteiger partial charge on any atom is 0.326 e. The Kier molecular flexibility index (Phi) is 4.50. The van der Waals surface area contributed by atoms with Gasteiger partial charge in [0.2, 0.25) is 5.91 Å². The minimum atomic E-state index is -3.19. The molecule has 0 aromatic carbocycles. The molecule has 1 N–H and O–H groups in total. The van der Waals surface area contributed by atoms with Crippen molar-refractivity contribution in [2.24, 2.45) is 0 Å². The van der Waals surface area contributed by atoms with Crippen LogP contribution in [0.1, 0.15) is 25.7 Å². The van der Waals surface area contributed by atoms with Crippen LogP contribution in [-0.2, 0) is 19.4 Å². The predicted molar refractivity (Wildman–Crippen MR) is 61.3 cm³/mol. The minimum absolute atomic E-state index is 0.136. The summed E-state index contributed by atoms with van der Waals surface area (Å²) in [4.78, 5) is 24.0. The van der Waals surface area contributed by atoms with E-state index in [1.807, 2.05) is 0 Å². The number of carbonyl (C=O) groups is 2. The molecule has 0 bridgehead atoms. The number of piperidine rings is 1. The normalized spacial score (nSPS) is 21.2. The number of hydrogen-bond acceptors (Lipinski definition) is 4. The Labute approximate surface area is 101 Å². The summed E-state index contributed by atoms with van der Waals surface area (Å²) >= 11 is 0. The maximum atomic E-state index is 11.8. The number of rotatable bonds is 4. The third-order valence-electron chi connectivity index (χ3n) is 2.79. The van der Waals surface area contributed by atoms with Crippen molar-refractivity contribution in [1.29, 1.82) is 0 Å². The summed E-state index contributed by atoms with van der Waals surface area (Å²) in [6.45, 7) is 0.402. The molecule has 0 spiro atoms. The highest BCUT2D eigenvalue weighted by molar-refractivity contribution is 7.90. The van der Waals surface area contributed by atoms with Crippen molar-refractivity contribution >= 4 is 21.7 Å². The number of nitrogens with zero attached hydrogens (tertiary/aromatic N) is 1. The largest absolute Gasteiger partial charge is 0.480 e. The van der Waals surface area contributed by atoms with Crippen molar-refractivity contribution in [3.8, 4) is 0 Å². The summed E-state index contributed by atoms with van der Waals surface area (Å²) in [6, 6.07) is -0.796. The van der Waals surface area contributed by atoms with Crippen molar-refractivity contribution in [1.82, 2.24) is 4.90 Å². The van der Waals surface area contributed by atoms with Gasteiger partial charge < -0.3 is 10.0 Å². The molecule has 1 heterocycles. The van der Waals surface area contributed by atoms with Gasteiger partial charge >= 0.3 is 5.97 Å². The van der Waals surface area contributed by atoms with Crippen LogP contribution in [0, 0.1) is 0 Å². The third kappa shape index (κ3) is 4.33. The number of aliphatic carboxylic acids is 1. The number of likely N-dealkylation sites (tertiary alicyclic amines) is 1. The summed E-state index contributed by atoms with van der Waals surface area (Å²) < 4.78 is 21.9. The predicted octanol–water partition coefficient (Wildman–Crippen LogP) is -0.113. The summed E-state index contributed by atoms with van der Waals surface area (Å²) in [5.41, 5.74) is 0. The van der Waals surface area contributed by atoms with E-state index in [0.29, 0.717) is 13.0 Å². The van der Waals surface area contributed by atoms with Gasteiger partial charge in [0.1, 0.15) is 15.9 Å². The highest BCUT2D eigenvalue weighted by Gasteiger charge is 2.31. The molecule has 98 valence electrons. The van der Waals surface area contributed by atoms with Crippen LogP contribution in [-0.4, -0.2) is 54.9 Å². The molecule has 1 rings (SSSR count). The lowest BCUT2D eigenvalue weighted by Crippen LogP contribution is -2.48. The van der Waals surface area contributed by atoms with E-state index in [2.05, 4.69) is 0 Å². The second-order valence-corrected chi connectivity index (χ2v) is 6.58. The molecule has 1 saturated heterocycles. The SMILES string of the molecule is CS(=O)(=O)CCC(=O)N1CCCC[C@@H]1C(=O)O. The second-order valence-electron chi connectivity index (χ2n) is 4.32. The lowest BCUT2D eigenvalue weighted by Gasteiger charge is -2.32. The topological polar surface area (TPSA) is 91.8 Å². The van der Waals surface area contributed by atoms with Gasteiger partial charge in [0.05, 0.1) is 5.75 Å². The minimum Gasteiger partial charge on any atom is -0.480 e. The van der Waals surface area contributed by atoms with Crippen molar-refractivity contribution in [2.45, 2.75) is 31.7 Å². The quantitative estimate of drug-likeness (QED) is 0.764. The molecule has 0 aromatic heterocycles. The van der Waals surface area contributed by atoms with Gasteiger partial charge in [0.15, 0.2) is 0 Å². The zero-order chi connectivity index (χ0) is 13.1. The van der Waals surface area contributed by atoms with E-state index in [4.69, 9.17) is 5.11 Å². The number of hydrogen-bond donors (Lipinski definition) is 1. The Bertz CT molecular complexity index is 403. The van der Waals surface area contributed by atoms with Gasteiger partial charge in [-0.1, -0.05) is 0 Å². The molecule has 0 unspecified atom stereocenters. The van der Waals surface area contributed by atoms with Gasteiger partial charge in [-0.15, -0.1) is 0 Å². The van der Waals surface area contributed by atoms with E-state index in [9.17, 15) is 18.0 Å². The van der Waals surface area contributed by atoms with Gasteiger partial charge in [-0.05, 0) is 19.3 Å². The molecule has 0 aromatic rings. The van der Waals surface area contributed by atoms with E-state index in [-0.39, 0.29) is 18.1 Å². The van der Waals surface area contributed by atoms with Gasteiger partial charge in [-0.2, -0.15) is 0 Å². The first-order valence-corrected chi connectivity index (χ1v) is 7.57. The van der Waals surface area contributed by atoms with Crippen molar-refractivity contribution in [2.75, 3.05) is 18.6 Å². The highest BCUT2D eigenvalue weighted by Crippen LogP contribution is 2.18. The van der Waals surface area contributed by atoms with E-state index in [1.165, 1.54) is 4.90 Å². The molecule has 0 aliphatic carbocycles. The molecule has 17 heavy (non-hydrogen) atoms. The number of carboxylic acid groups (broad SMARTS) is 1. The summed E-state index contributed by atoms with van der Waals surface area (Å²) in [6.07, 6.45) is 2.93. The lowest BCUT2D eigenvalue weighted by molar-refractivity contribution is -0.151. The molecule has 7 heteroatoms. The molecule has 1 aliphatic rings. The Morgan fingerprint density at radius 2 is 2.00 bits per heavy atom. The lowest BCUT2D eigenvalue weighted by atomic mass is 10.0. The molecule has 6 nitrogen and oxygen atoms in total. The van der Waals surface area contributed by atoms with Crippen LogP contribution < -0.4 is 0 Å². The van der Waals surface area contributed by atoms with Gasteiger partial charge in [-0.25, -0.2) is 13.2 Å². The highest BCUT2D eigenvalue weighted by atomic mass is 32.2. The van der Waals surface area contributed by atoms with E-state index in [1.54, 1.807) is 0 Å². The summed E-state index contributed by atoms with van der Waals surface area (Å²) in [5.74, 6) is -1.63. The Hall–Kier alpha value is -1.11. The van der Waals surface area contributed by atoms with Crippen molar-refractivity contribution in [3.05, 3.63) is 0 Å². The van der Waals surface area contributed by atoms with Crippen LogP contribution in [0.2, 0.25) is 0 Å². The van der Waals surface area contributed by atoms with Crippen LogP contribution in [0.5, 0.6) is 0 Å². The average Bonchev–Trinajstić information content (AvgIpc) is 2.25. The fourth-order valence-electron chi connectivity index (χ4n) is 1.90. The van der Waals surface area contributed by atoms with Gasteiger partial charge in [-0.3, -0.25) is 4.79 Å². The summed E-state index contributed by atoms with van der Waals surface area (Å²) in [7, 11) is -3.19. The molecule has 0 radical (unpaired) electrons. The third-order valence-corrected chi connectivity index (χ3v) is 3.74. The monoisotopic (exact) mass is 263 g/mol. The zero-order valence-corrected chi connectivity index (χ0v) is 10.6. The van der Waals surface area contributed by atoms with E-state index < -0.39 is 21.8 Å². The first-order valence-electron chi connectivity index (χ1n) is 5.51. The van der Waals surface area contributed by atoms with Crippen LogP contribution in [0.15, 0.2) is 0 Å². The van der Waals surface area contributed by atoms with Crippen LogP contribution in [0.3, 0.4) is 0 Å². The number of carbonyl (C=O) groups excluding carboxylic acids is 1. The van der Waals surface area contributed by atoms with E-state index >= 15 is 0 Å². The Morgan fingerprint density at radius 3 is 2.53 bits per heavy atom. The number of sulfone groups is 1. The smallest absolute Gasteiger partial charge is 0.326 e. The number of amides is 1. The van der Waals surface area contributed by atoms with Crippen molar-refractivity contribution < 1.29 is 23.1 Å². The molecule has 1 aliphatic heterocycles. The Balaban J connectivity index is 2.62. The standard InChI is InChI=1S/C10H17NO5S/c1-17(15,16)7-5-9(12)11-6-3-2-4-8(11)10(13)14/h8H,2-7H2,1H3,(H,13,14)/t8-/m1/s1. The van der Waals surface area contributed by atoms with Crippen LogP contribution >= 0.6 is 0 Å². The number of carboxylic acids is 1.